The van der Waals surface area contributed by atoms with Crippen molar-refractivity contribution in [2.45, 2.75) is 18.9 Å². The average Bonchev–Trinajstić information content (AvgIpc) is 2.03. The van der Waals surface area contributed by atoms with Crippen LogP contribution in [0.25, 0.3) is 0 Å². The number of aliphatic carboxylic acids is 2. The molecule has 0 radical (unpaired) electrons. The van der Waals surface area contributed by atoms with Gasteiger partial charge in [-0.25, -0.2) is 0 Å². The Hall–Kier alpha value is -1.18. The Bertz CT molecular complexity index is 182. The topological polar surface area (TPSA) is 116 Å². The number of carboxylic acid groups (broad SMARTS) is 2. The van der Waals surface area contributed by atoms with Crippen LogP contribution < -0.4 is 5.48 Å². The molecule has 0 bridgehead atoms. The molecule has 0 saturated heterocycles. The van der Waals surface area contributed by atoms with E-state index in [-0.39, 0.29) is 12.8 Å². The van der Waals surface area contributed by atoms with Gasteiger partial charge in [0.05, 0.1) is 0 Å². The van der Waals surface area contributed by atoms with Crippen LogP contribution in [0.4, 0.5) is 0 Å². The van der Waals surface area contributed by atoms with Crippen molar-refractivity contribution in [1.82, 2.24) is 5.48 Å². The molecular formula is C6H11NO6. The molecule has 0 fully saturated rings. The summed E-state index contributed by atoms with van der Waals surface area (Å²) in [6, 6.07) is -1.12. The molecule has 0 aromatic rings. The van der Waals surface area contributed by atoms with Gasteiger partial charge in [0.25, 0.3) is 0 Å². The van der Waals surface area contributed by atoms with Gasteiger partial charge in [-0.15, -0.1) is 0 Å². The standard InChI is InChI=1S/C6H11NO6/c8-3-13-7-4(6(11)12)1-2-5(9)10/h4,7-8H,1-3H2,(H,9,10)(H,11,12). The zero-order chi connectivity index (χ0) is 10.3. The molecule has 0 aromatic heterocycles. The molecule has 0 aliphatic carbocycles. The Morgan fingerprint density at radius 1 is 1.38 bits per heavy atom. The third-order valence-corrected chi connectivity index (χ3v) is 1.24. The molecule has 0 heterocycles. The van der Waals surface area contributed by atoms with Crippen molar-refractivity contribution in [2.24, 2.45) is 0 Å². The highest BCUT2D eigenvalue weighted by Crippen LogP contribution is 1.97. The Morgan fingerprint density at radius 3 is 2.38 bits per heavy atom. The fourth-order valence-electron chi connectivity index (χ4n) is 0.638. The van der Waals surface area contributed by atoms with Crippen molar-refractivity contribution in [3.05, 3.63) is 0 Å². The predicted octanol–water partition coefficient (Wildman–Crippen LogP) is -1.22. The molecule has 0 spiro atoms. The third kappa shape index (κ3) is 6.02. The highest BCUT2D eigenvalue weighted by Gasteiger charge is 2.18. The number of aliphatic hydroxyl groups is 1. The fourth-order valence-corrected chi connectivity index (χ4v) is 0.638. The summed E-state index contributed by atoms with van der Waals surface area (Å²) in [6.07, 6.45) is -0.385. The van der Waals surface area contributed by atoms with Crippen LogP contribution in [-0.2, 0) is 14.4 Å². The minimum Gasteiger partial charge on any atom is -0.481 e. The van der Waals surface area contributed by atoms with E-state index < -0.39 is 24.8 Å². The lowest BCUT2D eigenvalue weighted by Gasteiger charge is -2.11. The lowest BCUT2D eigenvalue weighted by molar-refractivity contribution is -0.149. The van der Waals surface area contributed by atoms with Gasteiger partial charge < -0.3 is 15.3 Å². The zero-order valence-corrected chi connectivity index (χ0v) is 6.77. The number of carbonyl (C=O) groups is 2. The molecule has 0 aliphatic heterocycles. The molecule has 76 valence electrons. The predicted molar refractivity (Wildman–Crippen MR) is 39.6 cm³/mol. The van der Waals surface area contributed by atoms with Crippen LogP contribution in [0.2, 0.25) is 0 Å². The van der Waals surface area contributed by atoms with Crippen LogP contribution >= 0.6 is 0 Å². The summed E-state index contributed by atoms with van der Waals surface area (Å²) in [5.41, 5.74) is 2.01. The molecule has 0 amide bonds. The Kier molecular flexibility index (Phi) is 5.77. The molecule has 1 unspecified atom stereocenters. The quantitative estimate of drug-likeness (QED) is 0.295. The Morgan fingerprint density at radius 2 is 2.00 bits per heavy atom. The lowest BCUT2D eigenvalue weighted by atomic mass is 10.2. The van der Waals surface area contributed by atoms with E-state index in [2.05, 4.69) is 4.84 Å². The van der Waals surface area contributed by atoms with E-state index in [1.807, 2.05) is 5.48 Å². The smallest absolute Gasteiger partial charge is 0.323 e. The highest BCUT2D eigenvalue weighted by atomic mass is 16.7. The molecule has 0 rings (SSSR count). The van der Waals surface area contributed by atoms with Gasteiger partial charge >= 0.3 is 11.9 Å². The van der Waals surface area contributed by atoms with Gasteiger partial charge in [-0.05, 0) is 6.42 Å². The number of rotatable bonds is 7. The zero-order valence-electron chi connectivity index (χ0n) is 6.77. The summed E-state index contributed by atoms with van der Waals surface area (Å²) in [7, 11) is 0. The molecule has 0 aliphatic rings. The first kappa shape index (κ1) is 11.8. The van der Waals surface area contributed by atoms with Gasteiger partial charge in [-0.3, -0.25) is 14.4 Å². The van der Waals surface area contributed by atoms with Crippen molar-refractivity contribution in [3.63, 3.8) is 0 Å². The molecular weight excluding hydrogens is 182 g/mol. The summed E-state index contributed by atoms with van der Waals surface area (Å²) in [4.78, 5) is 24.7. The van der Waals surface area contributed by atoms with Gasteiger partial charge in [-0.2, -0.15) is 5.48 Å². The first-order valence-corrected chi connectivity index (χ1v) is 3.50. The van der Waals surface area contributed by atoms with Crippen molar-refractivity contribution < 1.29 is 29.7 Å². The molecule has 4 N–H and O–H groups in total. The molecule has 13 heavy (non-hydrogen) atoms. The first-order valence-electron chi connectivity index (χ1n) is 3.50. The maximum Gasteiger partial charge on any atom is 0.323 e. The van der Waals surface area contributed by atoms with Crippen LogP contribution in [0, 0.1) is 0 Å². The second kappa shape index (κ2) is 6.35. The van der Waals surface area contributed by atoms with Crippen molar-refractivity contribution in [3.8, 4) is 0 Å². The maximum absolute atomic E-state index is 10.4. The van der Waals surface area contributed by atoms with E-state index in [1.54, 1.807) is 0 Å². The van der Waals surface area contributed by atoms with Crippen LogP contribution in [0.1, 0.15) is 12.8 Å². The summed E-state index contributed by atoms with van der Waals surface area (Å²) >= 11 is 0. The van der Waals surface area contributed by atoms with Crippen LogP contribution in [0.15, 0.2) is 0 Å². The van der Waals surface area contributed by atoms with Gasteiger partial charge in [0.15, 0.2) is 6.79 Å². The average molecular weight is 193 g/mol. The van der Waals surface area contributed by atoms with E-state index in [1.165, 1.54) is 0 Å². The third-order valence-electron chi connectivity index (χ3n) is 1.24. The van der Waals surface area contributed by atoms with E-state index in [4.69, 9.17) is 15.3 Å². The minimum absolute atomic E-state index is 0.106. The van der Waals surface area contributed by atoms with Gasteiger partial charge in [0, 0.05) is 6.42 Å². The number of nitrogens with one attached hydrogen (secondary N) is 1. The van der Waals surface area contributed by atoms with Gasteiger partial charge in [-0.1, -0.05) is 0 Å². The molecule has 7 nitrogen and oxygen atoms in total. The van der Waals surface area contributed by atoms with E-state index in [0.717, 1.165) is 0 Å². The van der Waals surface area contributed by atoms with E-state index in [9.17, 15) is 9.59 Å². The second-order valence-electron chi connectivity index (χ2n) is 2.21. The normalized spacial score (nSPS) is 12.4. The molecule has 1 atom stereocenters. The minimum atomic E-state index is -1.23. The number of carboxylic acids is 2. The van der Waals surface area contributed by atoms with Crippen LogP contribution in [0.5, 0.6) is 0 Å². The van der Waals surface area contributed by atoms with Crippen LogP contribution in [0.3, 0.4) is 0 Å². The van der Waals surface area contributed by atoms with E-state index >= 15 is 0 Å². The Balaban J connectivity index is 3.80. The number of hydroxylamine groups is 1. The van der Waals surface area contributed by atoms with E-state index in [0.29, 0.717) is 0 Å². The van der Waals surface area contributed by atoms with Crippen molar-refractivity contribution in [1.29, 1.82) is 0 Å². The van der Waals surface area contributed by atoms with Gasteiger partial charge in [0.1, 0.15) is 6.04 Å². The summed E-state index contributed by atoms with van der Waals surface area (Å²) in [6.45, 7) is -0.670. The lowest BCUT2D eigenvalue weighted by Crippen LogP contribution is -2.37. The van der Waals surface area contributed by atoms with Crippen molar-refractivity contribution in [2.75, 3.05) is 6.79 Å². The number of aliphatic hydroxyl groups excluding tert-OH is 1. The summed E-state index contributed by atoms with van der Waals surface area (Å²) in [5, 5.41) is 24.9. The summed E-state index contributed by atoms with van der Waals surface area (Å²) < 4.78 is 0. The van der Waals surface area contributed by atoms with Crippen molar-refractivity contribution >= 4 is 11.9 Å². The second-order valence-corrected chi connectivity index (χ2v) is 2.21. The molecule has 7 heteroatoms. The number of hydrogen-bond acceptors (Lipinski definition) is 5. The molecule has 0 aromatic carbocycles. The highest BCUT2D eigenvalue weighted by molar-refractivity contribution is 5.74. The SMILES string of the molecule is O=C(O)CCC(NOCO)C(=O)O. The largest absolute Gasteiger partial charge is 0.481 e. The maximum atomic E-state index is 10.4. The van der Waals surface area contributed by atoms with Gasteiger partial charge in [0.2, 0.25) is 0 Å². The number of hydrogen-bond donors (Lipinski definition) is 4. The first-order chi connectivity index (χ1) is 6.07. The fraction of sp³-hybridized carbons (Fsp3) is 0.667. The summed E-state index contributed by atoms with van der Waals surface area (Å²) in [5.74, 6) is -2.31. The van der Waals surface area contributed by atoms with Crippen LogP contribution in [-0.4, -0.2) is 40.1 Å². The molecule has 0 saturated carbocycles. The monoisotopic (exact) mass is 193 g/mol. The Labute approximate surface area is 73.9 Å².